The molecule has 0 aliphatic heterocycles. The quantitative estimate of drug-likeness (QED) is 0.564. The van der Waals surface area contributed by atoms with Crippen molar-refractivity contribution in [1.82, 2.24) is 10.2 Å². The van der Waals surface area contributed by atoms with Gasteiger partial charge in [-0.25, -0.2) is 0 Å². The SMILES string of the molecule is CCCNC(CCN(CC)CCOC)C(=O)O. The monoisotopic (exact) mass is 246 g/mol. The first kappa shape index (κ1) is 16.4. The Morgan fingerprint density at radius 1 is 1.41 bits per heavy atom. The zero-order valence-corrected chi connectivity index (χ0v) is 11.2. The predicted octanol–water partition coefficient (Wildman–Crippen LogP) is 0.798. The van der Waals surface area contributed by atoms with Crippen LogP contribution in [0.25, 0.3) is 0 Å². The molecular weight excluding hydrogens is 220 g/mol. The van der Waals surface area contributed by atoms with E-state index in [1.807, 2.05) is 6.92 Å². The van der Waals surface area contributed by atoms with Crippen LogP contribution in [0, 0.1) is 0 Å². The highest BCUT2D eigenvalue weighted by molar-refractivity contribution is 5.73. The maximum Gasteiger partial charge on any atom is 0.320 e. The fourth-order valence-corrected chi connectivity index (χ4v) is 1.59. The number of carboxylic acids is 1. The predicted molar refractivity (Wildman–Crippen MR) is 68.3 cm³/mol. The molecule has 0 aromatic carbocycles. The molecule has 0 rings (SSSR count). The van der Waals surface area contributed by atoms with Crippen LogP contribution in [0.1, 0.15) is 26.7 Å². The molecule has 0 saturated heterocycles. The Labute approximate surface area is 104 Å². The van der Waals surface area contributed by atoms with Gasteiger partial charge < -0.3 is 20.1 Å². The summed E-state index contributed by atoms with van der Waals surface area (Å²) in [5, 5.41) is 12.1. The number of carbonyl (C=O) groups is 1. The molecule has 0 amide bonds. The van der Waals surface area contributed by atoms with Gasteiger partial charge in [-0.2, -0.15) is 0 Å². The van der Waals surface area contributed by atoms with Gasteiger partial charge in [0.2, 0.25) is 0 Å². The highest BCUT2D eigenvalue weighted by atomic mass is 16.5. The minimum Gasteiger partial charge on any atom is -0.480 e. The molecule has 0 aromatic heterocycles. The van der Waals surface area contributed by atoms with Crippen molar-refractivity contribution in [3.63, 3.8) is 0 Å². The summed E-state index contributed by atoms with van der Waals surface area (Å²) < 4.78 is 5.02. The van der Waals surface area contributed by atoms with Crippen LogP contribution >= 0.6 is 0 Å². The fraction of sp³-hybridized carbons (Fsp3) is 0.917. The van der Waals surface area contributed by atoms with E-state index < -0.39 is 12.0 Å². The van der Waals surface area contributed by atoms with Gasteiger partial charge in [-0.3, -0.25) is 4.79 Å². The van der Waals surface area contributed by atoms with Crippen molar-refractivity contribution in [3.8, 4) is 0 Å². The molecule has 17 heavy (non-hydrogen) atoms. The molecule has 1 unspecified atom stereocenters. The van der Waals surface area contributed by atoms with Gasteiger partial charge in [-0.15, -0.1) is 0 Å². The largest absolute Gasteiger partial charge is 0.480 e. The van der Waals surface area contributed by atoms with E-state index in [-0.39, 0.29) is 0 Å². The highest BCUT2D eigenvalue weighted by Gasteiger charge is 2.16. The van der Waals surface area contributed by atoms with Crippen LogP contribution < -0.4 is 5.32 Å². The van der Waals surface area contributed by atoms with Gasteiger partial charge in [0.05, 0.1) is 6.61 Å². The van der Waals surface area contributed by atoms with Gasteiger partial charge in [-0.05, 0) is 25.9 Å². The van der Waals surface area contributed by atoms with E-state index in [4.69, 9.17) is 9.84 Å². The average Bonchev–Trinajstić information content (AvgIpc) is 2.32. The topological polar surface area (TPSA) is 61.8 Å². The second-order valence-corrected chi connectivity index (χ2v) is 4.06. The van der Waals surface area contributed by atoms with Crippen LogP contribution in [-0.4, -0.2) is 61.9 Å². The van der Waals surface area contributed by atoms with Gasteiger partial charge >= 0.3 is 5.97 Å². The first-order valence-electron chi connectivity index (χ1n) is 6.33. The molecule has 0 spiro atoms. The molecule has 2 N–H and O–H groups in total. The van der Waals surface area contributed by atoms with Gasteiger partial charge in [0, 0.05) is 20.2 Å². The zero-order valence-electron chi connectivity index (χ0n) is 11.2. The molecule has 0 aromatic rings. The lowest BCUT2D eigenvalue weighted by molar-refractivity contribution is -0.139. The lowest BCUT2D eigenvalue weighted by Gasteiger charge is -2.22. The fourth-order valence-electron chi connectivity index (χ4n) is 1.59. The summed E-state index contributed by atoms with van der Waals surface area (Å²) in [5.74, 6) is -0.763. The van der Waals surface area contributed by atoms with Crippen molar-refractivity contribution in [1.29, 1.82) is 0 Å². The summed E-state index contributed by atoms with van der Waals surface area (Å²) in [5.41, 5.74) is 0. The van der Waals surface area contributed by atoms with Crippen LogP contribution in [0.5, 0.6) is 0 Å². The van der Waals surface area contributed by atoms with E-state index in [1.54, 1.807) is 7.11 Å². The minimum atomic E-state index is -0.763. The summed E-state index contributed by atoms with van der Waals surface area (Å²) in [6, 6.07) is -0.438. The number of ether oxygens (including phenoxy) is 1. The van der Waals surface area contributed by atoms with Crippen LogP contribution in [0.2, 0.25) is 0 Å². The van der Waals surface area contributed by atoms with E-state index in [0.717, 1.165) is 32.6 Å². The van der Waals surface area contributed by atoms with Crippen molar-refractivity contribution >= 4 is 5.97 Å². The molecule has 5 nitrogen and oxygen atoms in total. The normalized spacial score (nSPS) is 12.9. The molecule has 0 fully saturated rings. The number of methoxy groups -OCH3 is 1. The Hall–Kier alpha value is -0.650. The van der Waals surface area contributed by atoms with Crippen molar-refractivity contribution in [2.75, 3.05) is 39.9 Å². The molecular formula is C12H26N2O3. The molecule has 0 bridgehead atoms. The van der Waals surface area contributed by atoms with Gasteiger partial charge in [-0.1, -0.05) is 13.8 Å². The lowest BCUT2D eigenvalue weighted by atomic mass is 10.2. The smallest absolute Gasteiger partial charge is 0.320 e. The van der Waals surface area contributed by atoms with E-state index >= 15 is 0 Å². The van der Waals surface area contributed by atoms with E-state index in [9.17, 15) is 4.79 Å². The van der Waals surface area contributed by atoms with Gasteiger partial charge in [0.25, 0.3) is 0 Å². The number of aliphatic carboxylic acids is 1. The van der Waals surface area contributed by atoms with E-state index in [0.29, 0.717) is 13.0 Å². The summed E-state index contributed by atoms with van der Waals surface area (Å²) >= 11 is 0. The maximum absolute atomic E-state index is 11.0. The molecule has 0 radical (unpaired) electrons. The number of hydrogen-bond acceptors (Lipinski definition) is 4. The Morgan fingerprint density at radius 2 is 2.12 bits per heavy atom. The van der Waals surface area contributed by atoms with Gasteiger partial charge in [0.15, 0.2) is 0 Å². The summed E-state index contributed by atoms with van der Waals surface area (Å²) in [4.78, 5) is 13.2. The van der Waals surface area contributed by atoms with Crippen molar-refractivity contribution in [2.24, 2.45) is 0 Å². The maximum atomic E-state index is 11.0. The molecule has 0 aliphatic rings. The van der Waals surface area contributed by atoms with Crippen LogP contribution in [0.3, 0.4) is 0 Å². The Balaban J connectivity index is 3.94. The highest BCUT2D eigenvalue weighted by Crippen LogP contribution is 1.98. The summed E-state index contributed by atoms with van der Waals surface area (Å²) in [7, 11) is 1.68. The van der Waals surface area contributed by atoms with Crippen LogP contribution in [-0.2, 0) is 9.53 Å². The first-order valence-corrected chi connectivity index (χ1v) is 6.33. The third kappa shape index (κ3) is 8.12. The molecule has 0 heterocycles. The lowest BCUT2D eigenvalue weighted by Crippen LogP contribution is -2.40. The van der Waals surface area contributed by atoms with E-state index in [2.05, 4.69) is 17.1 Å². The Kier molecular flexibility index (Phi) is 10.1. The minimum absolute atomic E-state index is 0.438. The second kappa shape index (κ2) is 10.5. The number of nitrogens with zero attached hydrogens (tertiary/aromatic N) is 1. The standard InChI is InChI=1S/C12H26N2O3/c1-4-7-13-11(12(15)16)6-8-14(5-2)9-10-17-3/h11,13H,4-10H2,1-3H3,(H,15,16). The zero-order chi connectivity index (χ0) is 13.1. The molecule has 1 atom stereocenters. The number of likely N-dealkylation sites (N-methyl/N-ethyl adjacent to an activating group) is 1. The molecule has 102 valence electrons. The van der Waals surface area contributed by atoms with Crippen LogP contribution in [0.15, 0.2) is 0 Å². The van der Waals surface area contributed by atoms with Crippen LogP contribution in [0.4, 0.5) is 0 Å². The molecule has 0 aliphatic carbocycles. The van der Waals surface area contributed by atoms with Gasteiger partial charge in [0.1, 0.15) is 6.04 Å². The Morgan fingerprint density at radius 3 is 2.59 bits per heavy atom. The first-order chi connectivity index (χ1) is 8.15. The van der Waals surface area contributed by atoms with E-state index in [1.165, 1.54) is 0 Å². The number of rotatable bonds is 11. The number of carboxylic acid groups (broad SMARTS) is 1. The van der Waals surface area contributed by atoms with Crippen molar-refractivity contribution < 1.29 is 14.6 Å². The third-order valence-electron chi connectivity index (χ3n) is 2.73. The summed E-state index contributed by atoms with van der Waals surface area (Å²) in [6.07, 6.45) is 1.58. The third-order valence-corrected chi connectivity index (χ3v) is 2.73. The average molecular weight is 246 g/mol. The van der Waals surface area contributed by atoms with Crippen molar-refractivity contribution in [3.05, 3.63) is 0 Å². The second-order valence-electron chi connectivity index (χ2n) is 4.06. The Bertz CT molecular complexity index is 200. The number of hydrogen-bond donors (Lipinski definition) is 2. The molecule has 5 heteroatoms. The number of nitrogens with one attached hydrogen (secondary N) is 1. The summed E-state index contributed by atoms with van der Waals surface area (Å²) in [6.45, 7) is 8.10. The van der Waals surface area contributed by atoms with Crippen molar-refractivity contribution in [2.45, 2.75) is 32.7 Å². The molecule has 0 saturated carbocycles.